The van der Waals surface area contributed by atoms with E-state index in [-0.39, 0.29) is 17.5 Å². The Hall–Kier alpha value is -1.92. The molecule has 0 aliphatic rings. The van der Waals surface area contributed by atoms with E-state index in [0.29, 0.717) is 10.7 Å². The van der Waals surface area contributed by atoms with E-state index in [1.807, 2.05) is 13.8 Å². The summed E-state index contributed by atoms with van der Waals surface area (Å²) in [6.07, 6.45) is 5.02. The highest BCUT2D eigenvalue weighted by molar-refractivity contribution is 9.10. The lowest BCUT2D eigenvalue weighted by molar-refractivity contribution is 0.0754. The van der Waals surface area contributed by atoms with Gasteiger partial charge < -0.3 is 9.47 Å². The van der Waals surface area contributed by atoms with Gasteiger partial charge in [0.25, 0.3) is 5.91 Å². The van der Waals surface area contributed by atoms with E-state index in [0.717, 1.165) is 15.4 Å². The van der Waals surface area contributed by atoms with E-state index >= 15 is 0 Å². The summed E-state index contributed by atoms with van der Waals surface area (Å²) < 4.78 is 16.4. The first-order chi connectivity index (χ1) is 11.8. The van der Waals surface area contributed by atoms with Crippen LogP contribution in [0.25, 0.3) is 16.6 Å². The molecule has 0 saturated heterocycles. The zero-order valence-electron chi connectivity index (χ0n) is 13.9. The van der Waals surface area contributed by atoms with E-state index in [1.54, 1.807) is 41.2 Å². The van der Waals surface area contributed by atoms with Gasteiger partial charge in [-0.1, -0.05) is 11.6 Å². The summed E-state index contributed by atoms with van der Waals surface area (Å²) in [5.41, 5.74) is 1.58. The van der Waals surface area contributed by atoms with Gasteiger partial charge in [0.2, 0.25) is 0 Å². The molecule has 7 heteroatoms. The van der Waals surface area contributed by atoms with Crippen LogP contribution in [0.4, 0.5) is 4.39 Å². The molecule has 0 atom stereocenters. The van der Waals surface area contributed by atoms with Gasteiger partial charge >= 0.3 is 0 Å². The molecule has 0 fully saturated rings. The molecule has 2 heterocycles. The van der Waals surface area contributed by atoms with Crippen LogP contribution in [0.5, 0.6) is 0 Å². The molecule has 0 spiro atoms. The van der Waals surface area contributed by atoms with Gasteiger partial charge in [0, 0.05) is 35.3 Å². The van der Waals surface area contributed by atoms with E-state index in [9.17, 15) is 9.18 Å². The standard InChI is InChI=1S/C18H16BrClFN3O/c1-10(2)23(3)18(25)12-6-11(21)4-5-15(12)24-9-13(19)17-14(20)7-22-8-16(17)24/h4-10H,1-3H3. The predicted octanol–water partition coefficient (Wildman–Crippen LogP) is 5.06. The van der Waals surface area contributed by atoms with Crippen LogP contribution >= 0.6 is 27.5 Å². The molecule has 1 amide bonds. The lowest BCUT2D eigenvalue weighted by Crippen LogP contribution is -2.33. The topological polar surface area (TPSA) is 38.1 Å². The second-order valence-electron chi connectivity index (χ2n) is 6.03. The number of hydrogen-bond acceptors (Lipinski definition) is 2. The summed E-state index contributed by atoms with van der Waals surface area (Å²) >= 11 is 9.73. The number of rotatable bonds is 3. The molecule has 1 aromatic carbocycles. The van der Waals surface area contributed by atoms with Crippen LogP contribution in [0.3, 0.4) is 0 Å². The summed E-state index contributed by atoms with van der Waals surface area (Å²) in [4.78, 5) is 18.5. The summed E-state index contributed by atoms with van der Waals surface area (Å²) in [5, 5.41) is 1.29. The Bertz CT molecular complexity index is 970. The summed E-state index contributed by atoms with van der Waals surface area (Å²) in [5.74, 6) is -0.714. The van der Waals surface area contributed by atoms with Crippen molar-refractivity contribution >= 4 is 44.3 Å². The highest BCUT2D eigenvalue weighted by Crippen LogP contribution is 2.34. The van der Waals surface area contributed by atoms with Crippen molar-refractivity contribution in [2.75, 3.05) is 7.05 Å². The summed E-state index contributed by atoms with van der Waals surface area (Å²) in [6.45, 7) is 3.81. The van der Waals surface area contributed by atoms with Gasteiger partial charge in [-0.25, -0.2) is 4.39 Å². The number of benzene rings is 1. The highest BCUT2D eigenvalue weighted by Gasteiger charge is 2.21. The Morgan fingerprint density at radius 1 is 1.36 bits per heavy atom. The largest absolute Gasteiger partial charge is 0.339 e. The van der Waals surface area contributed by atoms with Crippen LogP contribution in [-0.4, -0.2) is 33.4 Å². The first kappa shape index (κ1) is 17.9. The number of pyridine rings is 1. The van der Waals surface area contributed by atoms with Crippen molar-refractivity contribution in [3.8, 4) is 5.69 Å². The number of amides is 1. The van der Waals surface area contributed by atoms with Crippen molar-refractivity contribution in [3.05, 3.63) is 57.7 Å². The minimum Gasteiger partial charge on any atom is -0.339 e. The van der Waals surface area contributed by atoms with Crippen LogP contribution in [0.15, 0.2) is 41.3 Å². The minimum absolute atomic E-state index is 0.00660. The van der Waals surface area contributed by atoms with Gasteiger partial charge in [-0.05, 0) is 48.0 Å². The molecule has 3 rings (SSSR count). The van der Waals surface area contributed by atoms with Gasteiger partial charge in [-0.3, -0.25) is 9.78 Å². The molecule has 3 aromatic rings. The van der Waals surface area contributed by atoms with E-state index in [2.05, 4.69) is 20.9 Å². The fraction of sp³-hybridized carbons (Fsp3) is 0.222. The predicted molar refractivity (Wildman–Crippen MR) is 101 cm³/mol. The fourth-order valence-corrected chi connectivity index (χ4v) is 3.60. The van der Waals surface area contributed by atoms with Crippen LogP contribution in [0.1, 0.15) is 24.2 Å². The first-order valence-corrected chi connectivity index (χ1v) is 8.85. The van der Waals surface area contributed by atoms with Crippen LogP contribution in [-0.2, 0) is 0 Å². The second-order valence-corrected chi connectivity index (χ2v) is 7.30. The highest BCUT2D eigenvalue weighted by atomic mass is 79.9. The van der Waals surface area contributed by atoms with Crippen LogP contribution in [0.2, 0.25) is 5.02 Å². The molecule has 0 radical (unpaired) electrons. The lowest BCUT2D eigenvalue weighted by Gasteiger charge is -2.23. The molecule has 0 aliphatic carbocycles. The smallest absolute Gasteiger partial charge is 0.256 e. The second kappa shape index (κ2) is 6.77. The SMILES string of the molecule is CC(C)N(C)C(=O)c1cc(F)ccc1-n1cc(Br)c2c(Cl)cncc21. The van der Waals surface area contributed by atoms with E-state index in [4.69, 9.17) is 11.6 Å². The molecule has 0 unspecified atom stereocenters. The Morgan fingerprint density at radius 3 is 2.76 bits per heavy atom. The monoisotopic (exact) mass is 423 g/mol. The Kier molecular flexibility index (Phi) is 4.84. The number of aromatic nitrogens is 2. The van der Waals surface area contributed by atoms with Gasteiger partial charge in [0.05, 0.1) is 28.0 Å². The van der Waals surface area contributed by atoms with Crippen molar-refractivity contribution in [1.82, 2.24) is 14.5 Å². The molecule has 4 nitrogen and oxygen atoms in total. The molecule has 0 aliphatic heterocycles. The van der Waals surface area contributed by atoms with Gasteiger partial charge in [-0.2, -0.15) is 0 Å². The zero-order chi connectivity index (χ0) is 18.3. The average molecular weight is 425 g/mol. The number of fused-ring (bicyclic) bond motifs is 1. The number of hydrogen-bond donors (Lipinski definition) is 0. The summed E-state index contributed by atoms with van der Waals surface area (Å²) in [6, 6.07) is 4.17. The Balaban J connectivity index is 2.26. The van der Waals surface area contributed by atoms with Crippen molar-refractivity contribution in [2.24, 2.45) is 0 Å². The molecule has 130 valence electrons. The summed E-state index contributed by atoms with van der Waals surface area (Å²) in [7, 11) is 1.70. The van der Waals surface area contributed by atoms with Crippen molar-refractivity contribution < 1.29 is 9.18 Å². The average Bonchev–Trinajstić information content (AvgIpc) is 2.91. The van der Waals surface area contributed by atoms with Gasteiger partial charge in [0.15, 0.2) is 0 Å². The number of nitrogens with zero attached hydrogens (tertiary/aromatic N) is 3. The van der Waals surface area contributed by atoms with Crippen molar-refractivity contribution in [3.63, 3.8) is 0 Å². The third-order valence-corrected chi connectivity index (χ3v) is 5.05. The molecule has 0 bridgehead atoms. The van der Waals surface area contributed by atoms with Crippen molar-refractivity contribution in [1.29, 1.82) is 0 Å². The Labute approximate surface area is 158 Å². The number of halogens is 3. The lowest BCUT2D eigenvalue weighted by atomic mass is 10.1. The van der Waals surface area contributed by atoms with Gasteiger partial charge in [-0.15, -0.1) is 0 Å². The van der Waals surface area contributed by atoms with Crippen LogP contribution in [0, 0.1) is 5.82 Å². The quantitative estimate of drug-likeness (QED) is 0.589. The third-order valence-electron chi connectivity index (χ3n) is 4.16. The van der Waals surface area contributed by atoms with Gasteiger partial charge in [0.1, 0.15) is 5.82 Å². The molecule has 0 saturated carbocycles. The number of carbonyl (C=O) groups excluding carboxylic acids is 1. The molecular weight excluding hydrogens is 409 g/mol. The molecule has 0 N–H and O–H groups in total. The van der Waals surface area contributed by atoms with E-state index < -0.39 is 5.82 Å². The molecule has 25 heavy (non-hydrogen) atoms. The maximum atomic E-state index is 13.8. The molecular formula is C18H16BrClFN3O. The number of carbonyl (C=O) groups is 1. The van der Waals surface area contributed by atoms with Crippen molar-refractivity contribution in [2.45, 2.75) is 19.9 Å². The maximum Gasteiger partial charge on any atom is 0.256 e. The fourth-order valence-electron chi connectivity index (χ4n) is 2.60. The third kappa shape index (κ3) is 3.16. The van der Waals surface area contributed by atoms with Crippen LogP contribution < -0.4 is 0 Å². The first-order valence-electron chi connectivity index (χ1n) is 7.68. The molecule has 2 aromatic heterocycles. The minimum atomic E-state index is -0.462. The van der Waals surface area contributed by atoms with E-state index in [1.165, 1.54) is 12.1 Å². The maximum absolute atomic E-state index is 13.8. The normalized spacial score (nSPS) is 11.3. The Morgan fingerprint density at radius 2 is 2.08 bits per heavy atom. The zero-order valence-corrected chi connectivity index (χ0v) is 16.3.